The molecule has 5 heterocycles. The van der Waals surface area contributed by atoms with Gasteiger partial charge in [0, 0.05) is 65.9 Å². The minimum atomic E-state index is -2.70. The van der Waals surface area contributed by atoms with Gasteiger partial charge in [-0.1, -0.05) is 181 Å². The van der Waals surface area contributed by atoms with Gasteiger partial charge in [0.05, 0.1) is 39.4 Å². The quantitative estimate of drug-likeness (QED) is 0.154. The van der Waals surface area contributed by atoms with Gasteiger partial charge in [-0.05, 0) is 175 Å². The number of benzene rings is 8. The minimum Gasteiger partial charge on any atom is -0.311 e. The van der Waals surface area contributed by atoms with E-state index in [1.165, 1.54) is 6.92 Å². The van der Waals surface area contributed by atoms with Crippen LogP contribution in [0, 0.1) is 12.3 Å². The van der Waals surface area contributed by atoms with Gasteiger partial charge >= 0.3 is 0 Å². The Morgan fingerprint density at radius 2 is 1.27 bits per heavy atom. The smallest absolute Gasteiger partial charge is 0.254 e. The van der Waals surface area contributed by atoms with Crippen molar-refractivity contribution >= 4 is 121 Å². The van der Waals surface area contributed by atoms with Crippen LogP contribution in [0.15, 0.2) is 145 Å². The Balaban J connectivity index is 1.27. The summed E-state index contributed by atoms with van der Waals surface area (Å²) in [6, 6.07) is 27.1. The lowest BCUT2D eigenvalue weighted by molar-refractivity contribution is 0.394. The maximum Gasteiger partial charge on any atom is 0.254 e. The first kappa shape index (κ1) is 38.0. The maximum atomic E-state index is 10.9. The van der Waals surface area contributed by atoms with Gasteiger partial charge in [0.2, 0.25) is 0 Å². The van der Waals surface area contributed by atoms with Crippen molar-refractivity contribution in [2.24, 2.45) is 5.41 Å². The molecule has 2 aliphatic heterocycles. The average Bonchev–Trinajstić information content (AvgIpc) is 0.988. The lowest BCUT2D eigenvalue weighted by Crippen LogP contribution is -2.61. The van der Waals surface area contributed by atoms with E-state index in [-0.39, 0.29) is 80.9 Å². The van der Waals surface area contributed by atoms with Crippen LogP contribution in [0.5, 0.6) is 0 Å². The molecule has 0 saturated heterocycles. The zero-order valence-corrected chi connectivity index (χ0v) is 49.7. The standard InChI is InChI=1S/C74H74BN3S2/c1-15-44-36-56-61(37-45(44)16-2)77(57-32-29-48(35-43(57)3)72(7,8)9)62-39-50(76-58-23-19-17-21-52(58)70-68(76)53-22-18-20-24-64(53)79-70)40-63-66(62)75(56)67-60(34-31-51-55-41-74(13,14)42-65(55)80-69(51)67)78(63)59-33-30-49(73(10,11)12)38-54(59)46-25-27-47(28-26-46)71(4,5)6/h17-40H,15-16,41-42H2,1-14H3/i3D3,15D2,25D,26D,27D,28D,30D,31D,33D,34D,38D. The molecule has 0 bridgehead atoms. The van der Waals surface area contributed by atoms with Crippen molar-refractivity contribution in [1.29, 1.82) is 0 Å². The molecule has 0 radical (unpaired) electrons. The Hall–Kier alpha value is -6.86. The van der Waals surface area contributed by atoms with E-state index >= 15 is 0 Å². The Bertz CT molecular complexity index is 5130. The Kier molecular flexibility index (Phi) is 8.46. The first-order chi connectivity index (χ1) is 43.8. The number of aromatic nitrogens is 1. The molecule has 0 fully saturated rings. The number of rotatable bonds is 6. The van der Waals surface area contributed by atoms with Crippen LogP contribution in [0.3, 0.4) is 0 Å². The third kappa shape index (κ3) is 7.78. The monoisotopic (exact) mass is 1090 g/mol. The fourth-order valence-corrected chi connectivity index (χ4v) is 15.7. The summed E-state index contributed by atoms with van der Waals surface area (Å²) in [5.74, 6) is 0. The van der Waals surface area contributed by atoms with E-state index in [4.69, 9.17) is 0 Å². The van der Waals surface area contributed by atoms with Crippen molar-refractivity contribution in [3.8, 4) is 16.8 Å². The zero-order valence-electron chi connectivity index (χ0n) is 62.0. The number of nitrogens with zero attached hydrogens (tertiary/aromatic N) is 3. The lowest BCUT2D eigenvalue weighted by atomic mass is 9.33. The molecule has 1 aliphatic carbocycles. The number of thiophene rings is 2. The number of anilines is 6. The van der Waals surface area contributed by atoms with Crippen LogP contribution in [0.2, 0.25) is 0 Å². The van der Waals surface area contributed by atoms with Gasteiger partial charge in [-0.25, -0.2) is 0 Å². The molecule has 11 aromatic rings. The zero-order chi connectivity index (χ0) is 67.8. The topological polar surface area (TPSA) is 11.4 Å². The Morgan fingerprint density at radius 1 is 0.600 bits per heavy atom. The van der Waals surface area contributed by atoms with Crippen LogP contribution in [-0.2, 0) is 41.9 Å². The Labute approximate surface area is 502 Å². The van der Waals surface area contributed by atoms with E-state index in [2.05, 4.69) is 48.7 Å². The molecule has 3 aliphatic rings. The van der Waals surface area contributed by atoms with Crippen LogP contribution in [0.25, 0.3) is 58.1 Å². The van der Waals surface area contributed by atoms with Gasteiger partial charge in [0.15, 0.2) is 0 Å². The summed E-state index contributed by atoms with van der Waals surface area (Å²) in [7, 11) is 0. The van der Waals surface area contributed by atoms with Gasteiger partial charge in [0.1, 0.15) is 0 Å². The molecule has 6 heteroatoms. The number of aryl methyl sites for hydroxylation is 3. The normalized spacial score (nSPS) is 17.7. The van der Waals surface area contributed by atoms with E-state index in [1.807, 2.05) is 129 Å². The first-order valence-electron chi connectivity index (χ1n) is 35.1. The van der Waals surface area contributed by atoms with Gasteiger partial charge in [0.25, 0.3) is 6.71 Å². The van der Waals surface area contributed by atoms with E-state index in [1.54, 1.807) is 33.6 Å². The van der Waals surface area contributed by atoms with Crippen molar-refractivity contribution in [1.82, 2.24) is 4.57 Å². The van der Waals surface area contributed by atoms with Gasteiger partial charge < -0.3 is 14.4 Å². The molecular weight excluding hydrogens is 1010 g/mol. The molecule has 0 amide bonds. The largest absolute Gasteiger partial charge is 0.311 e. The highest BCUT2D eigenvalue weighted by Crippen LogP contribution is 2.53. The summed E-state index contributed by atoms with van der Waals surface area (Å²) < 4.78 is 146. The van der Waals surface area contributed by atoms with Crippen molar-refractivity contribution in [3.05, 3.63) is 189 Å². The number of hydrogen-bond donors (Lipinski definition) is 0. The third-order valence-electron chi connectivity index (χ3n) is 17.0. The van der Waals surface area contributed by atoms with E-state index < -0.39 is 54.3 Å². The van der Waals surface area contributed by atoms with Gasteiger partial charge in [-0.15, -0.1) is 22.7 Å². The number of fused-ring (bicyclic) bond motifs is 13. The molecule has 8 aromatic carbocycles. The molecule has 80 heavy (non-hydrogen) atoms. The predicted octanol–water partition coefficient (Wildman–Crippen LogP) is 19.4. The highest BCUT2D eigenvalue weighted by Gasteiger charge is 2.47. The van der Waals surface area contributed by atoms with Crippen molar-refractivity contribution in [3.63, 3.8) is 0 Å². The van der Waals surface area contributed by atoms with Crippen LogP contribution in [-0.4, -0.2) is 11.3 Å². The maximum absolute atomic E-state index is 10.9. The number of para-hydroxylation sites is 1. The summed E-state index contributed by atoms with van der Waals surface area (Å²) in [6.45, 7) is 21.4. The van der Waals surface area contributed by atoms with Crippen LogP contribution < -0.4 is 26.2 Å². The van der Waals surface area contributed by atoms with Crippen LogP contribution >= 0.6 is 22.7 Å². The van der Waals surface area contributed by atoms with E-state index in [0.29, 0.717) is 85.3 Å². The molecule has 0 saturated carbocycles. The molecule has 0 N–H and O–H groups in total. The third-order valence-corrected chi connectivity index (χ3v) is 19.4. The fourth-order valence-electron chi connectivity index (χ4n) is 12.9. The van der Waals surface area contributed by atoms with Crippen molar-refractivity contribution in [2.75, 3.05) is 9.80 Å². The fraction of sp³-hybridized carbons (Fsp3) is 0.297. The molecule has 0 atom stereocenters. The summed E-state index contributed by atoms with van der Waals surface area (Å²) in [5, 5.41) is 2.56. The molecule has 14 rings (SSSR count). The molecule has 400 valence electrons. The van der Waals surface area contributed by atoms with Crippen LogP contribution in [0.4, 0.5) is 34.1 Å². The summed E-state index contributed by atoms with van der Waals surface area (Å²) >= 11 is 3.22. The molecule has 0 spiro atoms. The molecule has 3 nitrogen and oxygen atoms in total. The molecular formula is C74H74BN3S2. The minimum absolute atomic E-state index is 0.0715. The highest BCUT2D eigenvalue weighted by molar-refractivity contribution is 7.26. The second-order valence-corrected chi connectivity index (χ2v) is 28.4. The highest BCUT2D eigenvalue weighted by atomic mass is 32.1. The summed E-state index contributed by atoms with van der Waals surface area (Å²) in [5.41, 5.74) is 6.14. The van der Waals surface area contributed by atoms with Crippen LogP contribution in [0.1, 0.15) is 153 Å². The predicted molar refractivity (Wildman–Crippen MR) is 352 cm³/mol. The number of hydrogen-bond acceptors (Lipinski definition) is 4. The second-order valence-electron chi connectivity index (χ2n) is 26.2. The first-order valence-corrected chi connectivity index (χ1v) is 29.8. The molecule has 0 unspecified atom stereocenters. The SMILES string of the molecule is [2H]c1c([2H])c(C(C)(C)C)c([2H])c([2H])c1-c1c([2H])c(C(C)(C)C)c([2H])c([2H])c1N1c2cc(-n3c4ccccc4c4sc5ccccc5c43)cc3c2B(c2cc(C([2H])([2H])C)c(CC)cc2N3c2ccc(C(C)(C)C)cc2C([2H])([2H])[2H])c2c1c([2H])c([2H])c1c3c(sc21)CC(C)(C)C3. The van der Waals surface area contributed by atoms with Crippen molar-refractivity contribution < 1.29 is 19.2 Å². The molecule has 3 aromatic heterocycles. The van der Waals surface area contributed by atoms with E-state index in [0.717, 1.165) is 47.2 Å². The average molecular weight is 1090 g/mol. The lowest BCUT2D eigenvalue weighted by Gasteiger charge is -2.45. The van der Waals surface area contributed by atoms with Gasteiger partial charge in [-0.2, -0.15) is 0 Å². The van der Waals surface area contributed by atoms with E-state index in [9.17, 15) is 19.2 Å². The summed E-state index contributed by atoms with van der Waals surface area (Å²) in [6.07, 6.45) is -0.167. The van der Waals surface area contributed by atoms with Crippen molar-refractivity contribution in [2.45, 2.75) is 139 Å². The van der Waals surface area contributed by atoms with Gasteiger partial charge in [-0.3, -0.25) is 0 Å². The second kappa shape index (κ2) is 17.8. The Morgan fingerprint density at radius 3 is 1.98 bits per heavy atom. The summed E-state index contributed by atoms with van der Waals surface area (Å²) in [4.78, 5) is 4.79.